The highest BCUT2D eigenvalue weighted by Crippen LogP contribution is 2.29. The number of hydrogen-bond donors (Lipinski definition) is 1. The second-order valence-corrected chi connectivity index (χ2v) is 5.33. The molecule has 0 aliphatic carbocycles. The summed E-state index contributed by atoms with van der Waals surface area (Å²) in [5.74, 6) is 0.939. The van der Waals surface area contributed by atoms with E-state index in [9.17, 15) is 0 Å². The van der Waals surface area contributed by atoms with Crippen molar-refractivity contribution < 1.29 is 4.74 Å². The number of aromatic nitrogens is 1. The Morgan fingerprint density at radius 3 is 2.63 bits per heavy atom. The topological polar surface area (TPSA) is 34.1 Å². The zero-order valence-electron chi connectivity index (χ0n) is 11.3. The molecule has 0 atom stereocenters. The van der Waals surface area contributed by atoms with Gasteiger partial charge in [0.1, 0.15) is 5.75 Å². The lowest BCUT2D eigenvalue weighted by Crippen LogP contribution is -2.04. The van der Waals surface area contributed by atoms with Crippen LogP contribution in [0.4, 0.5) is 5.69 Å². The van der Waals surface area contributed by atoms with Gasteiger partial charge in [-0.1, -0.05) is 6.07 Å². The van der Waals surface area contributed by atoms with Crippen LogP contribution in [0.3, 0.4) is 0 Å². The summed E-state index contributed by atoms with van der Waals surface area (Å²) in [6.07, 6.45) is 1.81. The highest BCUT2D eigenvalue weighted by atomic mass is 79.9. The number of aryl methyl sites for hydroxylation is 1. The lowest BCUT2D eigenvalue weighted by Gasteiger charge is -2.14. The first-order chi connectivity index (χ1) is 9.11. The van der Waals surface area contributed by atoms with Crippen molar-refractivity contribution in [1.29, 1.82) is 0 Å². The van der Waals surface area contributed by atoms with Gasteiger partial charge in [-0.05, 0) is 53.5 Å². The van der Waals surface area contributed by atoms with Gasteiger partial charge in [0.05, 0.1) is 19.3 Å². The van der Waals surface area contributed by atoms with E-state index in [4.69, 9.17) is 4.74 Å². The van der Waals surface area contributed by atoms with Crippen molar-refractivity contribution in [1.82, 2.24) is 4.98 Å². The van der Waals surface area contributed by atoms with E-state index in [-0.39, 0.29) is 0 Å². The fraction of sp³-hybridized carbons (Fsp3) is 0.267. The number of ether oxygens (including phenoxy) is 1. The number of methoxy groups -OCH3 is 1. The molecule has 2 rings (SSSR count). The monoisotopic (exact) mass is 320 g/mol. The van der Waals surface area contributed by atoms with Gasteiger partial charge < -0.3 is 10.1 Å². The Labute approximate surface area is 122 Å². The Bertz CT molecular complexity index is 567. The number of nitrogens with one attached hydrogen (secondary N) is 1. The summed E-state index contributed by atoms with van der Waals surface area (Å²) < 4.78 is 6.41. The quantitative estimate of drug-likeness (QED) is 0.921. The maximum absolute atomic E-state index is 5.42. The second-order valence-electron chi connectivity index (χ2n) is 4.41. The van der Waals surface area contributed by atoms with E-state index >= 15 is 0 Å². The summed E-state index contributed by atoms with van der Waals surface area (Å²) in [6, 6.07) is 8.12. The van der Waals surface area contributed by atoms with Crippen LogP contribution in [-0.2, 0) is 6.54 Å². The summed E-state index contributed by atoms with van der Waals surface area (Å²) in [6.45, 7) is 4.80. The third-order valence-electron chi connectivity index (χ3n) is 3.06. The van der Waals surface area contributed by atoms with Crippen LogP contribution in [0.1, 0.15) is 16.8 Å². The predicted octanol–water partition coefficient (Wildman–Crippen LogP) is 4.08. The predicted molar refractivity (Wildman–Crippen MR) is 81.7 cm³/mol. The second kappa shape index (κ2) is 6.06. The van der Waals surface area contributed by atoms with Gasteiger partial charge in [-0.25, -0.2) is 0 Å². The van der Waals surface area contributed by atoms with E-state index in [2.05, 4.69) is 45.3 Å². The summed E-state index contributed by atoms with van der Waals surface area (Å²) in [4.78, 5) is 4.34. The highest BCUT2D eigenvalue weighted by Gasteiger charge is 2.07. The van der Waals surface area contributed by atoms with Crippen LogP contribution < -0.4 is 10.1 Å². The van der Waals surface area contributed by atoms with Crippen molar-refractivity contribution in [2.45, 2.75) is 20.4 Å². The lowest BCUT2D eigenvalue weighted by molar-refractivity contribution is 0.409. The average molecular weight is 321 g/mol. The van der Waals surface area contributed by atoms with Crippen molar-refractivity contribution in [3.05, 3.63) is 51.8 Å². The van der Waals surface area contributed by atoms with Crippen LogP contribution in [0.5, 0.6) is 5.75 Å². The first-order valence-electron chi connectivity index (χ1n) is 6.10. The van der Waals surface area contributed by atoms with Gasteiger partial charge in [0.25, 0.3) is 0 Å². The Kier molecular flexibility index (Phi) is 4.43. The molecule has 3 nitrogen and oxygen atoms in total. The molecule has 1 aromatic carbocycles. The van der Waals surface area contributed by atoms with Gasteiger partial charge in [0.15, 0.2) is 0 Å². The van der Waals surface area contributed by atoms with Crippen LogP contribution >= 0.6 is 15.9 Å². The summed E-state index contributed by atoms with van der Waals surface area (Å²) >= 11 is 3.38. The summed E-state index contributed by atoms with van der Waals surface area (Å²) in [5.41, 5.74) is 4.35. The van der Waals surface area contributed by atoms with Gasteiger partial charge in [-0.2, -0.15) is 0 Å². The fourth-order valence-electron chi connectivity index (χ4n) is 2.03. The van der Waals surface area contributed by atoms with Crippen molar-refractivity contribution in [2.75, 3.05) is 12.4 Å². The molecule has 0 unspecified atom stereocenters. The number of hydrogen-bond acceptors (Lipinski definition) is 3. The number of anilines is 1. The standard InChI is InChI=1S/C15H17BrN2O/c1-10-4-7-14(11(2)15(10)19-3)18-9-13-6-5-12(16)8-17-13/h4-8,18H,9H2,1-3H3. The summed E-state index contributed by atoms with van der Waals surface area (Å²) in [7, 11) is 1.70. The zero-order chi connectivity index (χ0) is 13.8. The van der Waals surface area contributed by atoms with Gasteiger partial charge in [0, 0.05) is 21.9 Å². The molecular weight excluding hydrogens is 304 g/mol. The number of rotatable bonds is 4. The molecule has 100 valence electrons. The molecule has 2 aromatic rings. The SMILES string of the molecule is COc1c(C)ccc(NCc2ccc(Br)cn2)c1C. The molecule has 0 amide bonds. The molecule has 4 heteroatoms. The van der Waals surface area contributed by atoms with Gasteiger partial charge in [-0.15, -0.1) is 0 Å². The number of benzene rings is 1. The van der Waals surface area contributed by atoms with E-state index in [1.165, 1.54) is 0 Å². The molecule has 0 aliphatic rings. The molecule has 0 radical (unpaired) electrons. The third kappa shape index (κ3) is 3.26. The Morgan fingerprint density at radius 2 is 2.00 bits per heavy atom. The van der Waals surface area contributed by atoms with E-state index in [0.717, 1.165) is 32.7 Å². The molecule has 19 heavy (non-hydrogen) atoms. The normalized spacial score (nSPS) is 10.3. The van der Waals surface area contributed by atoms with Crippen molar-refractivity contribution in [2.24, 2.45) is 0 Å². The van der Waals surface area contributed by atoms with Crippen LogP contribution in [0.2, 0.25) is 0 Å². The van der Waals surface area contributed by atoms with Crippen LogP contribution in [0.15, 0.2) is 34.9 Å². The summed E-state index contributed by atoms with van der Waals surface area (Å²) in [5, 5.41) is 3.39. The molecule has 1 N–H and O–H groups in total. The fourth-order valence-corrected chi connectivity index (χ4v) is 2.26. The number of nitrogens with zero attached hydrogens (tertiary/aromatic N) is 1. The minimum absolute atomic E-state index is 0.695. The van der Waals surface area contributed by atoms with Crippen molar-refractivity contribution >= 4 is 21.6 Å². The van der Waals surface area contributed by atoms with E-state index in [1.54, 1.807) is 13.3 Å². The smallest absolute Gasteiger partial charge is 0.126 e. The van der Waals surface area contributed by atoms with Crippen LogP contribution in [0.25, 0.3) is 0 Å². The molecule has 1 aromatic heterocycles. The Balaban J connectivity index is 2.13. The van der Waals surface area contributed by atoms with Crippen molar-refractivity contribution in [3.63, 3.8) is 0 Å². The van der Waals surface area contributed by atoms with Gasteiger partial charge >= 0.3 is 0 Å². The highest BCUT2D eigenvalue weighted by molar-refractivity contribution is 9.10. The molecule has 0 fully saturated rings. The van der Waals surface area contributed by atoms with Gasteiger partial charge in [0.2, 0.25) is 0 Å². The molecular formula is C15H17BrN2O. The zero-order valence-corrected chi connectivity index (χ0v) is 12.9. The molecule has 1 heterocycles. The maximum Gasteiger partial charge on any atom is 0.126 e. The maximum atomic E-state index is 5.42. The Morgan fingerprint density at radius 1 is 1.21 bits per heavy atom. The minimum atomic E-state index is 0.695. The van der Waals surface area contributed by atoms with E-state index in [1.807, 2.05) is 19.1 Å². The molecule has 0 bridgehead atoms. The number of halogens is 1. The largest absolute Gasteiger partial charge is 0.496 e. The number of pyridine rings is 1. The molecule has 0 saturated carbocycles. The minimum Gasteiger partial charge on any atom is -0.496 e. The van der Waals surface area contributed by atoms with Crippen molar-refractivity contribution in [3.8, 4) is 5.75 Å². The third-order valence-corrected chi connectivity index (χ3v) is 3.52. The van der Waals surface area contributed by atoms with E-state index < -0.39 is 0 Å². The first-order valence-corrected chi connectivity index (χ1v) is 6.89. The molecule has 0 spiro atoms. The van der Waals surface area contributed by atoms with Gasteiger partial charge in [-0.3, -0.25) is 4.98 Å². The van der Waals surface area contributed by atoms with E-state index in [0.29, 0.717) is 6.54 Å². The van der Waals surface area contributed by atoms with Crippen LogP contribution in [-0.4, -0.2) is 12.1 Å². The van der Waals surface area contributed by atoms with Crippen LogP contribution in [0, 0.1) is 13.8 Å². The Hall–Kier alpha value is -1.55. The first kappa shape index (κ1) is 13.9. The lowest BCUT2D eigenvalue weighted by atomic mass is 10.1. The molecule has 0 aliphatic heterocycles. The molecule has 0 saturated heterocycles. The average Bonchev–Trinajstić information content (AvgIpc) is 2.40.